The Labute approximate surface area is 120 Å². The van der Waals surface area contributed by atoms with Gasteiger partial charge >= 0.3 is 5.97 Å². The highest BCUT2D eigenvalue weighted by Crippen LogP contribution is 2.37. The highest BCUT2D eigenvalue weighted by molar-refractivity contribution is 5.90. The Balaban J connectivity index is 2.27. The van der Waals surface area contributed by atoms with Gasteiger partial charge < -0.3 is 15.3 Å². The Kier molecular flexibility index (Phi) is 4.37. The number of carbonyl (C=O) groups excluding carboxylic acids is 1. The fourth-order valence-corrected chi connectivity index (χ4v) is 3.56. The van der Waals surface area contributed by atoms with Crippen LogP contribution in [0.4, 0.5) is 0 Å². The van der Waals surface area contributed by atoms with E-state index in [1.807, 2.05) is 6.92 Å². The number of rotatable bonds is 3. The van der Waals surface area contributed by atoms with Gasteiger partial charge in [-0.25, -0.2) is 4.79 Å². The molecule has 114 valence electrons. The molecule has 2 atom stereocenters. The zero-order chi connectivity index (χ0) is 14.8. The van der Waals surface area contributed by atoms with Gasteiger partial charge in [-0.05, 0) is 52.0 Å². The zero-order valence-electron chi connectivity index (χ0n) is 12.6. The molecular formula is C15H26N2O3. The minimum absolute atomic E-state index is 0.0387. The van der Waals surface area contributed by atoms with Crippen LogP contribution in [-0.2, 0) is 9.59 Å². The second-order valence-corrected chi connectivity index (χ2v) is 6.41. The molecule has 2 unspecified atom stereocenters. The lowest BCUT2D eigenvalue weighted by Crippen LogP contribution is -2.62. The smallest absolute Gasteiger partial charge is 0.329 e. The molecule has 2 aliphatic heterocycles. The number of aliphatic carboxylic acids is 1. The number of hydrogen-bond donors (Lipinski definition) is 2. The highest BCUT2D eigenvalue weighted by Gasteiger charge is 2.50. The fraction of sp³-hybridized carbons (Fsp3) is 0.867. The molecule has 2 aliphatic rings. The van der Waals surface area contributed by atoms with Crippen molar-refractivity contribution < 1.29 is 14.7 Å². The van der Waals surface area contributed by atoms with Crippen molar-refractivity contribution in [3.05, 3.63) is 0 Å². The van der Waals surface area contributed by atoms with Crippen LogP contribution in [0.2, 0.25) is 0 Å². The number of carbonyl (C=O) groups is 2. The molecule has 2 heterocycles. The van der Waals surface area contributed by atoms with E-state index < -0.39 is 16.9 Å². The van der Waals surface area contributed by atoms with Crippen LogP contribution in [0.1, 0.15) is 52.4 Å². The predicted molar refractivity (Wildman–Crippen MR) is 76.4 cm³/mol. The molecule has 0 aromatic carbocycles. The summed E-state index contributed by atoms with van der Waals surface area (Å²) in [5.74, 6) is -0.836. The van der Waals surface area contributed by atoms with Crippen LogP contribution in [0, 0.1) is 5.41 Å². The molecule has 0 aromatic rings. The molecule has 0 aliphatic carbocycles. The lowest BCUT2D eigenvalue weighted by atomic mass is 9.75. The van der Waals surface area contributed by atoms with E-state index in [-0.39, 0.29) is 5.91 Å². The van der Waals surface area contributed by atoms with E-state index in [9.17, 15) is 14.7 Å². The summed E-state index contributed by atoms with van der Waals surface area (Å²) in [5.41, 5.74) is -1.44. The van der Waals surface area contributed by atoms with Crippen molar-refractivity contribution in [1.29, 1.82) is 0 Å². The van der Waals surface area contributed by atoms with Gasteiger partial charge in [0.25, 0.3) is 0 Å². The fourth-order valence-electron chi connectivity index (χ4n) is 3.56. The summed E-state index contributed by atoms with van der Waals surface area (Å²) in [6.45, 7) is 5.93. The third-order valence-electron chi connectivity index (χ3n) is 5.20. The van der Waals surface area contributed by atoms with Gasteiger partial charge in [0.2, 0.25) is 5.91 Å². The van der Waals surface area contributed by atoms with E-state index in [1.165, 1.54) is 0 Å². The van der Waals surface area contributed by atoms with Crippen LogP contribution in [0.15, 0.2) is 0 Å². The van der Waals surface area contributed by atoms with E-state index in [1.54, 1.807) is 11.8 Å². The minimum atomic E-state index is -1.03. The highest BCUT2D eigenvalue weighted by atomic mass is 16.4. The van der Waals surface area contributed by atoms with Gasteiger partial charge in [-0.1, -0.05) is 6.92 Å². The number of nitrogens with zero attached hydrogens (tertiary/aromatic N) is 1. The molecule has 20 heavy (non-hydrogen) atoms. The third-order valence-corrected chi connectivity index (χ3v) is 5.20. The SMILES string of the molecule is CCC1(C(=O)N2CCCCC2(C)C(=O)O)CCCNC1. The molecule has 2 fully saturated rings. The summed E-state index contributed by atoms with van der Waals surface area (Å²) < 4.78 is 0. The molecule has 2 rings (SSSR count). The molecule has 0 radical (unpaired) electrons. The largest absolute Gasteiger partial charge is 0.480 e. The predicted octanol–water partition coefficient (Wildman–Crippen LogP) is 1.62. The summed E-state index contributed by atoms with van der Waals surface area (Å²) in [6, 6.07) is 0. The second kappa shape index (κ2) is 5.72. The Bertz CT molecular complexity index is 391. The molecule has 1 amide bonds. The van der Waals surface area contributed by atoms with Crippen molar-refractivity contribution in [1.82, 2.24) is 10.2 Å². The van der Waals surface area contributed by atoms with Gasteiger partial charge in [0.1, 0.15) is 5.54 Å². The maximum Gasteiger partial charge on any atom is 0.329 e. The molecule has 2 N–H and O–H groups in total. The minimum Gasteiger partial charge on any atom is -0.480 e. The van der Waals surface area contributed by atoms with Gasteiger partial charge in [0.05, 0.1) is 5.41 Å². The van der Waals surface area contributed by atoms with Crippen molar-refractivity contribution >= 4 is 11.9 Å². The van der Waals surface area contributed by atoms with Gasteiger partial charge in [-0.3, -0.25) is 4.79 Å². The second-order valence-electron chi connectivity index (χ2n) is 6.41. The molecule has 0 aromatic heterocycles. The first-order valence-corrected chi connectivity index (χ1v) is 7.72. The quantitative estimate of drug-likeness (QED) is 0.825. The lowest BCUT2D eigenvalue weighted by molar-refractivity contribution is -0.167. The molecule has 5 nitrogen and oxygen atoms in total. The van der Waals surface area contributed by atoms with Crippen LogP contribution < -0.4 is 5.32 Å². The van der Waals surface area contributed by atoms with Gasteiger partial charge in [-0.15, -0.1) is 0 Å². The maximum absolute atomic E-state index is 13.0. The summed E-state index contributed by atoms with van der Waals surface area (Å²) in [4.78, 5) is 26.4. The average molecular weight is 282 g/mol. The van der Waals surface area contributed by atoms with Gasteiger partial charge in [0.15, 0.2) is 0 Å². The average Bonchev–Trinajstić information content (AvgIpc) is 2.47. The van der Waals surface area contributed by atoms with Crippen molar-refractivity contribution in [2.24, 2.45) is 5.41 Å². The van der Waals surface area contributed by atoms with Gasteiger partial charge in [0, 0.05) is 13.1 Å². The summed E-state index contributed by atoms with van der Waals surface area (Å²) in [6.07, 6.45) is 4.96. The molecule has 2 saturated heterocycles. The first-order chi connectivity index (χ1) is 9.46. The number of nitrogens with one attached hydrogen (secondary N) is 1. The van der Waals surface area contributed by atoms with Crippen molar-refractivity contribution in [3.63, 3.8) is 0 Å². The number of carboxylic acids is 1. The summed E-state index contributed by atoms with van der Waals surface area (Å²) in [5, 5.41) is 12.9. The van der Waals surface area contributed by atoms with Crippen LogP contribution in [-0.4, -0.2) is 47.1 Å². The molecule has 5 heteroatoms. The molecule has 0 spiro atoms. The Morgan fingerprint density at radius 2 is 2.00 bits per heavy atom. The van der Waals surface area contributed by atoms with Crippen LogP contribution in [0.5, 0.6) is 0 Å². The summed E-state index contributed by atoms with van der Waals surface area (Å²) >= 11 is 0. The van der Waals surface area contributed by atoms with Crippen LogP contribution >= 0.6 is 0 Å². The third kappa shape index (κ3) is 2.43. The summed E-state index contributed by atoms with van der Waals surface area (Å²) in [7, 11) is 0. The number of piperidine rings is 2. The topological polar surface area (TPSA) is 69.6 Å². The van der Waals surface area contributed by atoms with E-state index in [4.69, 9.17) is 0 Å². The Hall–Kier alpha value is -1.10. The van der Waals surface area contributed by atoms with Crippen molar-refractivity contribution in [2.75, 3.05) is 19.6 Å². The van der Waals surface area contributed by atoms with Crippen LogP contribution in [0.3, 0.4) is 0 Å². The van der Waals surface area contributed by atoms with E-state index in [2.05, 4.69) is 5.32 Å². The van der Waals surface area contributed by atoms with E-state index in [0.29, 0.717) is 19.5 Å². The first-order valence-electron chi connectivity index (χ1n) is 7.72. The van der Waals surface area contributed by atoms with Gasteiger partial charge in [-0.2, -0.15) is 0 Å². The van der Waals surface area contributed by atoms with E-state index in [0.717, 1.165) is 38.6 Å². The zero-order valence-corrected chi connectivity index (χ0v) is 12.6. The van der Waals surface area contributed by atoms with Crippen LogP contribution in [0.25, 0.3) is 0 Å². The molecular weight excluding hydrogens is 256 g/mol. The standard InChI is InChI=1S/C15H26N2O3/c1-3-15(8-6-9-16-11-15)12(18)17-10-5-4-7-14(17,2)13(19)20/h16H,3-11H2,1-2H3,(H,19,20). The van der Waals surface area contributed by atoms with Crippen molar-refractivity contribution in [3.8, 4) is 0 Å². The number of amides is 1. The van der Waals surface area contributed by atoms with Crippen molar-refractivity contribution in [2.45, 2.75) is 57.9 Å². The monoisotopic (exact) mass is 282 g/mol. The maximum atomic E-state index is 13.0. The Morgan fingerprint density at radius 1 is 1.25 bits per heavy atom. The number of likely N-dealkylation sites (tertiary alicyclic amines) is 1. The molecule has 0 saturated carbocycles. The first kappa shape index (κ1) is 15.3. The normalized spacial score (nSPS) is 34.8. The lowest BCUT2D eigenvalue weighted by Gasteiger charge is -2.47. The molecule has 0 bridgehead atoms. The Morgan fingerprint density at radius 3 is 2.55 bits per heavy atom. The number of hydrogen-bond acceptors (Lipinski definition) is 3. The number of carboxylic acid groups (broad SMARTS) is 1. The van der Waals surface area contributed by atoms with E-state index >= 15 is 0 Å².